The molecule has 0 spiro atoms. The summed E-state index contributed by atoms with van der Waals surface area (Å²) in [5.41, 5.74) is 0.923. The number of hydrogen-bond donors (Lipinski definition) is 2. The van der Waals surface area contributed by atoms with E-state index in [0.29, 0.717) is 31.2 Å². The molecule has 116 valence electrons. The number of sulfonamides is 1. The third-order valence-corrected chi connectivity index (χ3v) is 4.36. The summed E-state index contributed by atoms with van der Waals surface area (Å²) >= 11 is 0. The molecule has 0 bridgehead atoms. The van der Waals surface area contributed by atoms with E-state index in [4.69, 9.17) is 4.74 Å². The first-order valence-corrected chi connectivity index (χ1v) is 8.36. The van der Waals surface area contributed by atoms with E-state index < -0.39 is 10.0 Å². The van der Waals surface area contributed by atoms with Gasteiger partial charge in [-0.05, 0) is 19.5 Å². The summed E-state index contributed by atoms with van der Waals surface area (Å²) < 4.78 is 33.9. The Morgan fingerprint density at radius 3 is 2.75 bits per heavy atom. The van der Waals surface area contributed by atoms with Gasteiger partial charge in [-0.15, -0.1) is 0 Å². The van der Waals surface area contributed by atoms with Crippen molar-refractivity contribution >= 4 is 10.0 Å². The lowest BCUT2D eigenvalue weighted by Crippen LogP contribution is -2.27. The van der Waals surface area contributed by atoms with Gasteiger partial charge >= 0.3 is 0 Å². The van der Waals surface area contributed by atoms with Gasteiger partial charge in [0.05, 0.1) is 11.5 Å². The van der Waals surface area contributed by atoms with Crippen LogP contribution in [-0.2, 0) is 28.4 Å². The van der Waals surface area contributed by atoms with Gasteiger partial charge in [0.2, 0.25) is 10.0 Å². The molecule has 1 aromatic rings. The first-order chi connectivity index (χ1) is 9.51. The van der Waals surface area contributed by atoms with Crippen molar-refractivity contribution in [3.8, 4) is 0 Å². The topological polar surface area (TPSA) is 72.4 Å². The molecule has 2 N–H and O–H groups in total. The molecular formula is C13H25N3O3S. The smallest absolute Gasteiger partial charge is 0.242 e. The monoisotopic (exact) mass is 303 g/mol. The van der Waals surface area contributed by atoms with E-state index in [1.807, 2.05) is 18.7 Å². The SMILES string of the molecule is CCCCOCCNS(=O)(=O)c1cc(CNC)n(C)c1. The van der Waals surface area contributed by atoms with Gasteiger partial charge in [-0.25, -0.2) is 13.1 Å². The maximum Gasteiger partial charge on any atom is 0.242 e. The van der Waals surface area contributed by atoms with Gasteiger partial charge in [0.25, 0.3) is 0 Å². The van der Waals surface area contributed by atoms with Crippen LogP contribution >= 0.6 is 0 Å². The van der Waals surface area contributed by atoms with Crippen molar-refractivity contribution in [2.75, 3.05) is 26.8 Å². The summed E-state index contributed by atoms with van der Waals surface area (Å²) in [4.78, 5) is 0.291. The molecule has 0 aliphatic heterocycles. The first-order valence-electron chi connectivity index (χ1n) is 6.88. The van der Waals surface area contributed by atoms with E-state index in [9.17, 15) is 8.42 Å². The second kappa shape index (κ2) is 8.41. The van der Waals surface area contributed by atoms with E-state index in [1.165, 1.54) is 0 Å². The summed E-state index contributed by atoms with van der Waals surface area (Å²) in [6.07, 6.45) is 3.69. The minimum absolute atomic E-state index is 0.291. The molecule has 0 saturated heterocycles. The number of ether oxygens (including phenoxy) is 1. The normalized spacial score (nSPS) is 11.9. The molecule has 0 radical (unpaired) electrons. The maximum absolute atomic E-state index is 12.1. The van der Waals surface area contributed by atoms with Crippen LogP contribution in [0.5, 0.6) is 0 Å². The number of rotatable bonds is 10. The summed E-state index contributed by atoms with van der Waals surface area (Å²) in [5, 5.41) is 3.01. The molecule has 0 atom stereocenters. The Balaban J connectivity index is 2.49. The van der Waals surface area contributed by atoms with Crippen LogP contribution in [0.25, 0.3) is 0 Å². The Bertz CT molecular complexity index is 497. The van der Waals surface area contributed by atoms with Crippen LogP contribution in [0.3, 0.4) is 0 Å². The average Bonchev–Trinajstić information content (AvgIpc) is 2.77. The number of aromatic nitrogens is 1. The number of nitrogens with one attached hydrogen (secondary N) is 2. The zero-order valence-corrected chi connectivity index (χ0v) is 13.3. The molecule has 7 heteroatoms. The highest BCUT2D eigenvalue weighted by Crippen LogP contribution is 2.12. The van der Waals surface area contributed by atoms with Crippen molar-refractivity contribution in [1.29, 1.82) is 0 Å². The molecule has 0 aliphatic rings. The fourth-order valence-corrected chi connectivity index (χ4v) is 2.87. The van der Waals surface area contributed by atoms with Crippen molar-refractivity contribution < 1.29 is 13.2 Å². The summed E-state index contributed by atoms with van der Waals surface area (Å²) in [6.45, 7) is 4.09. The predicted octanol–water partition coefficient (Wildman–Crippen LogP) is 0.840. The van der Waals surface area contributed by atoms with Gasteiger partial charge < -0.3 is 14.6 Å². The summed E-state index contributed by atoms with van der Waals surface area (Å²) in [5.74, 6) is 0. The Morgan fingerprint density at radius 1 is 1.35 bits per heavy atom. The molecule has 20 heavy (non-hydrogen) atoms. The number of aryl methyl sites for hydroxylation is 1. The zero-order valence-electron chi connectivity index (χ0n) is 12.5. The van der Waals surface area contributed by atoms with E-state index >= 15 is 0 Å². The molecule has 1 rings (SSSR count). The van der Waals surface area contributed by atoms with Crippen LogP contribution in [0, 0.1) is 0 Å². The Hall–Kier alpha value is -0.890. The van der Waals surface area contributed by atoms with Crippen molar-refractivity contribution in [2.45, 2.75) is 31.2 Å². The highest BCUT2D eigenvalue weighted by Gasteiger charge is 2.16. The second-order valence-electron chi connectivity index (χ2n) is 4.67. The van der Waals surface area contributed by atoms with Crippen molar-refractivity contribution in [1.82, 2.24) is 14.6 Å². The van der Waals surface area contributed by atoms with Crippen LogP contribution in [0.1, 0.15) is 25.5 Å². The fourth-order valence-electron chi connectivity index (χ4n) is 1.76. The van der Waals surface area contributed by atoms with Gasteiger partial charge in [-0.1, -0.05) is 13.3 Å². The van der Waals surface area contributed by atoms with Crippen LogP contribution < -0.4 is 10.0 Å². The minimum Gasteiger partial charge on any atom is -0.380 e. The third kappa shape index (κ3) is 5.24. The lowest BCUT2D eigenvalue weighted by molar-refractivity contribution is 0.136. The maximum atomic E-state index is 12.1. The van der Waals surface area contributed by atoms with Gasteiger partial charge in [0.1, 0.15) is 0 Å². The Kier molecular flexibility index (Phi) is 7.22. The third-order valence-electron chi connectivity index (χ3n) is 2.93. The van der Waals surface area contributed by atoms with Crippen molar-refractivity contribution in [2.24, 2.45) is 7.05 Å². The molecular weight excluding hydrogens is 278 g/mol. The molecule has 1 heterocycles. The van der Waals surface area contributed by atoms with Gasteiger partial charge in [0.15, 0.2) is 0 Å². The quantitative estimate of drug-likeness (QED) is 0.628. The number of nitrogens with zero attached hydrogens (tertiary/aromatic N) is 1. The highest BCUT2D eigenvalue weighted by molar-refractivity contribution is 7.89. The van der Waals surface area contributed by atoms with E-state index in [2.05, 4.69) is 17.0 Å². The zero-order chi connectivity index (χ0) is 15.0. The second-order valence-corrected chi connectivity index (χ2v) is 6.44. The summed E-state index contributed by atoms with van der Waals surface area (Å²) in [7, 11) is 0.208. The molecule has 0 fully saturated rings. The minimum atomic E-state index is -3.45. The average molecular weight is 303 g/mol. The number of unbranched alkanes of at least 4 members (excludes halogenated alkanes) is 1. The largest absolute Gasteiger partial charge is 0.380 e. The lowest BCUT2D eigenvalue weighted by atomic mass is 10.4. The van der Waals surface area contributed by atoms with Crippen LogP contribution in [0.2, 0.25) is 0 Å². The van der Waals surface area contributed by atoms with Gasteiger partial charge in [-0.3, -0.25) is 0 Å². The van der Waals surface area contributed by atoms with E-state index in [0.717, 1.165) is 18.5 Å². The first kappa shape index (κ1) is 17.2. The molecule has 0 aromatic carbocycles. The molecule has 0 saturated carbocycles. The van der Waals surface area contributed by atoms with Crippen molar-refractivity contribution in [3.05, 3.63) is 18.0 Å². The summed E-state index contributed by atoms with van der Waals surface area (Å²) in [6, 6.07) is 1.68. The predicted molar refractivity (Wildman–Crippen MR) is 79.1 cm³/mol. The van der Waals surface area contributed by atoms with Crippen LogP contribution in [0.15, 0.2) is 17.2 Å². The standard InChI is InChI=1S/C13H25N3O3S/c1-4-5-7-19-8-6-15-20(17,18)13-9-12(10-14-2)16(3)11-13/h9,11,14-15H,4-8,10H2,1-3H3. The van der Waals surface area contributed by atoms with Crippen molar-refractivity contribution in [3.63, 3.8) is 0 Å². The van der Waals surface area contributed by atoms with Gasteiger partial charge in [0, 0.05) is 38.6 Å². The molecule has 6 nitrogen and oxygen atoms in total. The number of hydrogen-bond acceptors (Lipinski definition) is 4. The molecule has 0 aliphatic carbocycles. The Labute approximate surface area is 121 Å². The fraction of sp³-hybridized carbons (Fsp3) is 0.692. The molecule has 0 unspecified atom stereocenters. The van der Waals surface area contributed by atoms with Crippen LogP contribution in [0.4, 0.5) is 0 Å². The van der Waals surface area contributed by atoms with Crippen LogP contribution in [-0.4, -0.2) is 39.8 Å². The highest BCUT2D eigenvalue weighted by atomic mass is 32.2. The Morgan fingerprint density at radius 2 is 2.10 bits per heavy atom. The van der Waals surface area contributed by atoms with E-state index in [1.54, 1.807) is 12.3 Å². The van der Waals surface area contributed by atoms with E-state index in [-0.39, 0.29) is 0 Å². The molecule has 1 aromatic heterocycles. The van der Waals surface area contributed by atoms with Gasteiger partial charge in [-0.2, -0.15) is 0 Å². The molecule has 0 amide bonds. The lowest BCUT2D eigenvalue weighted by Gasteiger charge is -2.05.